The number of anilines is 6. The molecule has 0 saturated carbocycles. The predicted octanol–water partition coefficient (Wildman–Crippen LogP) is 17.9. The lowest BCUT2D eigenvalue weighted by atomic mass is 9.82. The van der Waals surface area contributed by atoms with Gasteiger partial charge in [0.15, 0.2) is 0 Å². The first kappa shape index (κ1) is 38.0. The van der Waals surface area contributed by atoms with Gasteiger partial charge in [-0.25, -0.2) is 0 Å². The Balaban J connectivity index is 1.12. The summed E-state index contributed by atoms with van der Waals surface area (Å²) in [5, 5.41) is 7.57. The summed E-state index contributed by atoms with van der Waals surface area (Å²) in [6.07, 6.45) is 0. The van der Waals surface area contributed by atoms with Crippen molar-refractivity contribution in [3.8, 4) is 22.3 Å². The second-order valence-electron chi connectivity index (χ2n) is 18.9. The summed E-state index contributed by atoms with van der Waals surface area (Å²) < 4.78 is 2.53. The summed E-state index contributed by atoms with van der Waals surface area (Å²) in [5.74, 6) is 0. The molecule has 2 aliphatic rings. The highest BCUT2D eigenvalue weighted by atomic mass is 32.1. The maximum absolute atomic E-state index is 2.51. The van der Waals surface area contributed by atoms with Crippen LogP contribution >= 0.6 is 11.3 Å². The quantitative estimate of drug-likeness (QED) is 0.164. The van der Waals surface area contributed by atoms with Crippen molar-refractivity contribution < 1.29 is 0 Å². The number of nitrogens with zero attached hydrogens (tertiary/aromatic N) is 2. The highest BCUT2D eigenvalue weighted by Crippen LogP contribution is 2.56. The molecule has 310 valence electrons. The minimum atomic E-state index is -0.134. The summed E-state index contributed by atoms with van der Waals surface area (Å²) in [7, 11) is 0. The first-order valence-electron chi connectivity index (χ1n) is 22.8. The van der Waals surface area contributed by atoms with Gasteiger partial charge in [-0.05, 0) is 127 Å². The van der Waals surface area contributed by atoms with Crippen LogP contribution in [0.4, 0.5) is 34.1 Å². The van der Waals surface area contributed by atoms with Gasteiger partial charge in [0.1, 0.15) is 0 Å². The SMILES string of the molecule is CC1(C)c2ccccc2-c2ccc(N(c3ccccc3)c3cc4ccccc4c4c3sc3c(N(c5ccccc5)c5ccc6c(c5)C(C)(C)c5ccccc5-6)cc5ccccc5c34)cc21. The molecule has 0 unspecified atom stereocenters. The molecule has 2 nitrogen and oxygen atoms in total. The molecule has 3 heteroatoms. The van der Waals surface area contributed by atoms with E-state index in [1.807, 2.05) is 11.3 Å². The molecule has 1 aromatic heterocycles. The molecule has 0 radical (unpaired) electrons. The van der Waals surface area contributed by atoms with Crippen molar-refractivity contribution in [2.45, 2.75) is 38.5 Å². The van der Waals surface area contributed by atoms with Gasteiger partial charge in [0.05, 0.1) is 20.8 Å². The summed E-state index contributed by atoms with van der Waals surface area (Å²) in [5.41, 5.74) is 17.5. The Kier molecular flexibility index (Phi) is 8.20. The molecular formula is C62H46N2S. The second kappa shape index (κ2) is 14.0. The normalized spacial score (nSPS) is 14.1. The van der Waals surface area contributed by atoms with Crippen molar-refractivity contribution in [3.05, 3.63) is 229 Å². The van der Waals surface area contributed by atoms with Crippen molar-refractivity contribution in [1.29, 1.82) is 0 Å². The molecule has 1 heterocycles. The Morgan fingerprint density at radius 3 is 1.14 bits per heavy atom. The Morgan fingerprint density at radius 2 is 0.692 bits per heavy atom. The fraction of sp³-hybridized carbons (Fsp3) is 0.0968. The van der Waals surface area contributed by atoms with Crippen LogP contribution in [-0.2, 0) is 10.8 Å². The molecular weight excluding hydrogens is 805 g/mol. The molecule has 0 saturated heterocycles. The maximum Gasteiger partial charge on any atom is 0.0646 e. The van der Waals surface area contributed by atoms with Gasteiger partial charge in [-0.3, -0.25) is 0 Å². The van der Waals surface area contributed by atoms with E-state index in [1.165, 1.54) is 97.6 Å². The Labute approximate surface area is 384 Å². The van der Waals surface area contributed by atoms with Crippen molar-refractivity contribution in [2.75, 3.05) is 9.80 Å². The molecule has 0 spiro atoms. The minimum absolute atomic E-state index is 0.134. The zero-order chi connectivity index (χ0) is 43.6. The molecule has 13 rings (SSSR count). The van der Waals surface area contributed by atoms with Crippen LogP contribution in [0.3, 0.4) is 0 Å². The number of hydrogen-bond donors (Lipinski definition) is 0. The number of benzene rings is 10. The van der Waals surface area contributed by atoms with Gasteiger partial charge in [-0.1, -0.05) is 173 Å². The van der Waals surface area contributed by atoms with E-state index in [-0.39, 0.29) is 10.8 Å². The Hall–Kier alpha value is -7.46. The molecule has 65 heavy (non-hydrogen) atoms. The Bertz CT molecular complexity index is 3480. The van der Waals surface area contributed by atoms with Gasteiger partial charge in [-0.15, -0.1) is 11.3 Å². The lowest BCUT2D eigenvalue weighted by Crippen LogP contribution is -2.16. The average molecular weight is 851 g/mol. The molecule has 0 amide bonds. The lowest BCUT2D eigenvalue weighted by Gasteiger charge is -2.29. The first-order chi connectivity index (χ1) is 31.8. The summed E-state index contributed by atoms with van der Waals surface area (Å²) in [6.45, 7) is 9.50. The van der Waals surface area contributed by atoms with Crippen LogP contribution in [0.5, 0.6) is 0 Å². The van der Waals surface area contributed by atoms with E-state index in [1.54, 1.807) is 0 Å². The number of rotatable bonds is 6. The highest BCUT2D eigenvalue weighted by Gasteiger charge is 2.38. The average Bonchev–Trinajstić information content (AvgIpc) is 3.94. The van der Waals surface area contributed by atoms with Gasteiger partial charge >= 0.3 is 0 Å². The van der Waals surface area contributed by atoms with Crippen LogP contribution in [0.1, 0.15) is 49.9 Å². The minimum Gasteiger partial charge on any atom is -0.309 e. The molecule has 0 atom stereocenters. The highest BCUT2D eigenvalue weighted by molar-refractivity contribution is 7.27. The van der Waals surface area contributed by atoms with Crippen LogP contribution in [0.2, 0.25) is 0 Å². The van der Waals surface area contributed by atoms with Crippen LogP contribution in [0.25, 0.3) is 64.0 Å². The van der Waals surface area contributed by atoms with Crippen LogP contribution in [0.15, 0.2) is 206 Å². The van der Waals surface area contributed by atoms with Crippen molar-refractivity contribution in [2.24, 2.45) is 0 Å². The summed E-state index contributed by atoms with van der Waals surface area (Å²) >= 11 is 1.93. The fourth-order valence-corrected chi connectivity index (χ4v) is 12.8. The van der Waals surface area contributed by atoms with E-state index in [0.717, 1.165) is 22.7 Å². The van der Waals surface area contributed by atoms with Crippen LogP contribution in [-0.4, -0.2) is 0 Å². The number of fused-ring (bicyclic) bond motifs is 13. The zero-order valence-electron chi connectivity index (χ0n) is 36.9. The smallest absolute Gasteiger partial charge is 0.0646 e. The number of hydrogen-bond acceptors (Lipinski definition) is 3. The molecule has 0 bridgehead atoms. The first-order valence-corrected chi connectivity index (χ1v) is 23.6. The monoisotopic (exact) mass is 850 g/mol. The van der Waals surface area contributed by atoms with Crippen LogP contribution in [0, 0.1) is 0 Å². The Morgan fingerprint density at radius 1 is 0.323 bits per heavy atom. The van der Waals surface area contributed by atoms with Gasteiger partial charge < -0.3 is 9.80 Å². The summed E-state index contributed by atoms with van der Waals surface area (Å²) in [4.78, 5) is 5.03. The second-order valence-corrected chi connectivity index (χ2v) is 19.9. The molecule has 11 aromatic rings. The van der Waals surface area contributed by atoms with Crippen molar-refractivity contribution >= 4 is 87.2 Å². The van der Waals surface area contributed by atoms with E-state index in [0.29, 0.717) is 0 Å². The molecule has 0 aliphatic heterocycles. The zero-order valence-corrected chi connectivity index (χ0v) is 37.7. The van der Waals surface area contributed by atoms with Crippen molar-refractivity contribution in [3.63, 3.8) is 0 Å². The third kappa shape index (κ3) is 5.52. The number of para-hydroxylation sites is 2. The maximum atomic E-state index is 2.51. The van der Waals surface area contributed by atoms with Crippen molar-refractivity contribution in [1.82, 2.24) is 0 Å². The summed E-state index contributed by atoms with van der Waals surface area (Å²) in [6, 6.07) is 77.0. The van der Waals surface area contributed by atoms with Gasteiger partial charge in [0.2, 0.25) is 0 Å². The van der Waals surface area contributed by atoms with E-state index in [4.69, 9.17) is 0 Å². The van der Waals surface area contributed by atoms with E-state index < -0.39 is 0 Å². The van der Waals surface area contributed by atoms with Gasteiger partial charge in [0.25, 0.3) is 0 Å². The molecule has 10 aromatic carbocycles. The van der Waals surface area contributed by atoms with E-state index >= 15 is 0 Å². The topological polar surface area (TPSA) is 6.48 Å². The molecule has 2 aliphatic carbocycles. The van der Waals surface area contributed by atoms with E-state index in [9.17, 15) is 0 Å². The lowest BCUT2D eigenvalue weighted by molar-refractivity contribution is 0.660. The third-order valence-corrected chi connectivity index (χ3v) is 15.8. The molecule has 0 N–H and O–H groups in total. The van der Waals surface area contributed by atoms with Gasteiger partial charge in [-0.2, -0.15) is 0 Å². The number of thiophene rings is 1. The molecule has 0 fully saturated rings. The predicted molar refractivity (Wildman–Crippen MR) is 279 cm³/mol. The van der Waals surface area contributed by atoms with E-state index in [2.05, 4.69) is 244 Å². The standard InChI is InChI=1S/C62H46N2S/c1-61(2)51-29-17-15-27-47(51)49-33-31-43(37-53(49)61)63(41-21-7-5-8-22-41)55-35-39-19-11-13-25-45(39)57-58-46-26-14-12-20-40(46)36-56(60(58)65-59(55)57)64(42-23-9-6-10-24-42)44-32-34-50-48-28-16-18-30-52(48)62(3,4)54(50)38-44/h5-38H,1-4H3. The largest absolute Gasteiger partial charge is 0.309 e. The van der Waals surface area contributed by atoms with Crippen LogP contribution < -0.4 is 9.80 Å². The fourth-order valence-electron chi connectivity index (χ4n) is 11.4. The third-order valence-electron chi connectivity index (χ3n) is 14.6. The van der Waals surface area contributed by atoms with Gasteiger partial charge in [0, 0.05) is 44.4 Å².